The van der Waals surface area contributed by atoms with Gasteiger partial charge in [-0.05, 0) is 23.8 Å². The highest BCUT2D eigenvalue weighted by molar-refractivity contribution is 6.32. The van der Waals surface area contributed by atoms with Crippen molar-refractivity contribution in [2.75, 3.05) is 40.5 Å². The highest BCUT2D eigenvalue weighted by Crippen LogP contribution is 2.38. The van der Waals surface area contributed by atoms with Crippen LogP contribution in [-0.2, 0) is 19.1 Å². The summed E-state index contributed by atoms with van der Waals surface area (Å²) < 4.78 is 16.0. The molecular weight excluding hydrogens is 376 g/mol. The Balaban J connectivity index is 1.91. The molecule has 1 N–H and O–H groups in total. The van der Waals surface area contributed by atoms with Crippen LogP contribution in [0.4, 0.5) is 0 Å². The van der Waals surface area contributed by atoms with E-state index in [4.69, 9.17) is 25.8 Å². The maximum atomic E-state index is 11.8. The van der Waals surface area contributed by atoms with Gasteiger partial charge in [0.25, 0.3) is 5.91 Å². The molecule has 27 heavy (non-hydrogen) atoms. The molecule has 0 aliphatic carbocycles. The van der Waals surface area contributed by atoms with Crippen LogP contribution >= 0.6 is 11.6 Å². The number of hydrogen-bond donors (Lipinski definition) is 1. The lowest BCUT2D eigenvalue weighted by atomic mass is 10.2. The molecule has 0 radical (unpaired) electrons. The lowest BCUT2D eigenvalue weighted by Crippen LogP contribution is -2.38. The minimum absolute atomic E-state index is 0.113. The van der Waals surface area contributed by atoms with Crippen molar-refractivity contribution in [1.82, 2.24) is 10.2 Å². The first-order valence-corrected chi connectivity index (χ1v) is 8.67. The summed E-state index contributed by atoms with van der Waals surface area (Å²) in [6.45, 7) is 0.470. The molecule has 0 unspecified atom stereocenters. The number of halogens is 1. The van der Waals surface area contributed by atoms with Crippen LogP contribution in [0, 0.1) is 0 Å². The fourth-order valence-electron chi connectivity index (χ4n) is 2.19. The number of esters is 1. The second-order valence-corrected chi connectivity index (χ2v) is 6.15. The molecular formula is C18H21ClN2O6. The second kappa shape index (κ2) is 9.82. The number of nitrogens with zero attached hydrogens (tertiary/aromatic N) is 1. The smallest absolute Gasteiger partial charge is 0.331 e. The highest BCUT2D eigenvalue weighted by atomic mass is 35.5. The first-order valence-electron chi connectivity index (χ1n) is 8.29. The SMILES string of the molecule is CNC(=O)CN(C)C(=O)COC(=O)/C=C/c1cc(Cl)c2c(c1)OCCCO2. The van der Waals surface area contributed by atoms with Crippen molar-refractivity contribution in [2.45, 2.75) is 6.42 Å². The van der Waals surface area contributed by atoms with E-state index in [1.54, 1.807) is 12.1 Å². The van der Waals surface area contributed by atoms with Crippen LogP contribution in [0.25, 0.3) is 6.08 Å². The molecule has 0 fully saturated rings. The van der Waals surface area contributed by atoms with Gasteiger partial charge in [0.15, 0.2) is 18.1 Å². The van der Waals surface area contributed by atoms with Gasteiger partial charge >= 0.3 is 5.97 Å². The summed E-state index contributed by atoms with van der Waals surface area (Å²) in [5.74, 6) is -0.500. The zero-order valence-corrected chi connectivity index (χ0v) is 15.9. The Kier molecular flexibility index (Phi) is 7.48. The van der Waals surface area contributed by atoms with Crippen molar-refractivity contribution in [3.05, 3.63) is 28.8 Å². The first kappa shape index (κ1) is 20.6. The van der Waals surface area contributed by atoms with Crippen LogP contribution in [0.15, 0.2) is 18.2 Å². The molecule has 1 aliphatic heterocycles. The van der Waals surface area contributed by atoms with Gasteiger partial charge in [0.1, 0.15) is 0 Å². The molecule has 9 heteroatoms. The average molecular weight is 397 g/mol. The lowest BCUT2D eigenvalue weighted by Gasteiger charge is -2.15. The van der Waals surface area contributed by atoms with Crippen LogP contribution < -0.4 is 14.8 Å². The number of carbonyl (C=O) groups is 3. The Morgan fingerprint density at radius 3 is 2.78 bits per heavy atom. The molecule has 0 atom stereocenters. The molecule has 0 saturated heterocycles. The Hall–Kier alpha value is -2.74. The number of amides is 2. The van der Waals surface area contributed by atoms with Crippen molar-refractivity contribution in [3.8, 4) is 11.5 Å². The van der Waals surface area contributed by atoms with Crippen molar-refractivity contribution in [3.63, 3.8) is 0 Å². The monoisotopic (exact) mass is 396 g/mol. The van der Waals surface area contributed by atoms with Crippen LogP contribution in [0.5, 0.6) is 11.5 Å². The fraction of sp³-hybridized carbons (Fsp3) is 0.389. The molecule has 0 bridgehead atoms. The quantitative estimate of drug-likeness (QED) is 0.574. The number of likely N-dealkylation sites (N-methyl/N-ethyl adjacent to an activating group) is 2. The van der Waals surface area contributed by atoms with E-state index in [9.17, 15) is 14.4 Å². The molecule has 1 aliphatic rings. The molecule has 0 spiro atoms. The molecule has 1 aromatic rings. The van der Waals surface area contributed by atoms with E-state index >= 15 is 0 Å². The average Bonchev–Trinajstić information content (AvgIpc) is 2.90. The highest BCUT2D eigenvalue weighted by Gasteiger charge is 2.16. The number of ether oxygens (including phenoxy) is 3. The summed E-state index contributed by atoms with van der Waals surface area (Å²) >= 11 is 6.19. The van der Waals surface area contributed by atoms with Gasteiger partial charge in [-0.3, -0.25) is 9.59 Å². The van der Waals surface area contributed by atoms with Crippen molar-refractivity contribution in [1.29, 1.82) is 0 Å². The van der Waals surface area contributed by atoms with E-state index < -0.39 is 18.5 Å². The first-order chi connectivity index (χ1) is 12.9. The van der Waals surface area contributed by atoms with Gasteiger partial charge in [0.05, 0.1) is 24.8 Å². The number of nitrogens with one attached hydrogen (secondary N) is 1. The molecule has 0 aromatic heterocycles. The lowest BCUT2D eigenvalue weighted by molar-refractivity contribution is -0.148. The number of hydrogen-bond acceptors (Lipinski definition) is 6. The maximum absolute atomic E-state index is 11.8. The summed E-state index contributed by atoms with van der Waals surface area (Å²) in [6.07, 6.45) is 3.44. The van der Waals surface area contributed by atoms with E-state index in [0.717, 1.165) is 6.42 Å². The van der Waals surface area contributed by atoms with Crippen LogP contribution in [0.2, 0.25) is 5.02 Å². The van der Waals surface area contributed by atoms with E-state index in [1.807, 2.05) is 0 Å². The molecule has 146 valence electrons. The Labute approximate surface area is 162 Å². The zero-order valence-electron chi connectivity index (χ0n) is 15.1. The largest absolute Gasteiger partial charge is 0.489 e. The summed E-state index contributed by atoms with van der Waals surface area (Å²) in [4.78, 5) is 36.0. The standard InChI is InChI=1S/C18H21ClN2O6/c1-20-15(22)10-21(2)16(23)11-27-17(24)5-4-12-8-13(19)18-14(9-12)25-6-3-7-26-18/h4-5,8-9H,3,6-7,10-11H2,1-2H3,(H,20,22)/b5-4+. The van der Waals surface area contributed by atoms with E-state index in [2.05, 4.69) is 5.32 Å². The second-order valence-electron chi connectivity index (χ2n) is 5.74. The van der Waals surface area contributed by atoms with Gasteiger partial charge in [0.2, 0.25) is 5.91 Å². The molecule has 2 amide bonds. The van der Waals surface area contributed by atoms with Crippen LogP contribution in [0.3, 0.4) is 0 Å². The normalized spacial score (nSPS) is 13.0. The van der Waals surface area contributed by atoms with Crippen molar-refractivity contribution in [2.24, 2.45) is 0 Å². The zero-order chi connectivity index (χ0) is 19.8. The maximum Gasteiger partial charge on any atom is 0.331 e. The molecule has 8 nitrogen and oxygen atoms in total. The molecule has 0 saturated carbocycles. The summed E-state index contributed by atoms with van der Waals surface area (Å²) in [7, 11) is 2.92. The predicted octanol–water partition coefficient (Wildman–Crippen LogP) is 1.26. The van der Waals surface area contributed by atoms with Gasteiger partial charge in [-0.1, -0.05) is 11.6 Å². The number of carbonyl (C=O) groups excluding carboxylic acids is 3. The van der Waals surface area contributed by atoms with Crippen LogP contribution in [-0.4, -0.2) is 63.1 Å². The van der Waals surface area contributed by atoms with Crippen molar-refractivity contribution < 1.29 is 28.6 Å². The minimum atomic E-state index is -0.695. The predicted molar refractivity (Wildman–Crippen MR) is 98.8 cm³/mol. The number of fused-ring (bicyclic) bond motifs is 1. The van der Waals surface area contributed by atoms with Crippen molar-refractivity contribution >= 4 is 35.5 Å². The van der Waals surface area contributed by atoms with Gasteiger partial charge in [-0.2, -0.15) is 0 Å². The van der Waals surface area contributed by atoms with E-state index in [0.29, 0.717) is 35.3 Å². The third-order valence-corrected chi connectivity index (χ3v) is 3.94. The minimum Gasteiger partial charge on any atom is -0.489 e. The Morgan fingerprint density at radius 2 is 2.04 bits per heavy atom. The number of rotatable bonds is 6. The van der Waals surface area contributed by atoms with Crippen LogP contribution in [0.1, 0.15) is 12.0 Å². The summed E-state index contributed by atoms with van der Waals surface area (Å²) in [5.41, 5.74) is 0.629. The summed E-state index contributed by atoms with van der Waals surface area (Å²) in [5, 5.41) is 2.79. The van der Waals surface area contributed by atoms with E-state index in [1.165, 1.54) is 31.1 Å². The molecule has 1 aromatic carbocycles. The summed E-state index contributed by atoms with van der Waals surface area (Å²) in [6, 6.07) is 3.35. The fourth-order valence-corrected chi connectivity index (χ4v) is 2.46. The third kappa shape index (κ3) is 6.18. The Bertz CT molecular complexity index is 750. The molecule has 2 rings (SSSR count). The van der Waals surface area contributed by atoms with Gasteiger partial charge in [0, 0.05) is 26.6 Å². The number of benzene rings is 1. The van der Waals surface area contributed by atoms with Gasteiger partial charge in [-0.15, -0.1) is 0 Å². The van der Waals surface area contributed by atoms with Gasteiger partial charge < -0.3 is 24.4 Å². The topological polar surface area (TPSA) is 94.2 Å². The molecule has 1 heterocycles. The Morgan fingerprint density at radius 1 is 1.30 bits per heavy atom. The van der Waals surface area contributed by atoms with E-state index in [-0.39, 0.29) is 12.5 Å². The van der Waals surface area contributed by atoms with Gasteiger partial charge in [-0.25, -0.2) is 4.79 Å². The third-order valence-electron chi connectivity index (χ3n) is 3.66.